The van der Waals surface area contributed by atoms with Crippen molar-refractivity contribution in [3.05, 3.63) is 46.0 Å². The highest BCUT2D eigenvalue weighted by atomic mass is 79.9. The Hall–Kier alpha value is -1.16. The fourth-order valence-electron chi connectivity index (χ4n) is 1.41. The Labute approximate surface area is 97.1 Å². The number of hydrogen-bond acceptors (Lipinski definition) is 2. The third kappa shape index (κ3) is 2.65. The Morgan fingerprint density at radius 2 is 2.27 bits per heavy atom. The largest absolute Gasteiger partial charge is 0.263 e. The van der Waals surface area contributed by atoms with E-state index in [4.69, 9.17) is 0 Å². The third-order valence-corrected chi connectivity index (χ3v) is 2.65. The van der Waals surface area contributed by atoms with Crippen LogP contribution in [0.4, 0.5) is 0 Å². The number of nitrogens with one attached hydrogen (secondary N) is 1. The normalized spacial score (nSPS) is 10.5. The van der Waals surface area contributed by atoms with Crippen molar-refractivity contribution in [1.82, 2.24) is 15.2 Å². The second-order valence-electron chi connectivity index (χ2n) is 3.36. The Bertz CT molecular complexity index is 451. The molecule has 3 nitrogen and oxygen atoms in total. The topological polar surface area (TPSA) is 41.6 Å². The van der Waals surface area contributed by atoms with Gasteiger partial charge in [0.25, 0.3) is 0 Å². The number of benzene rings is 1. The average Bonchev–Trinajstić information content (AvgIpc) is 2.65. The molecule has 4 heteroatoms. The molecule has 0 atom stereocenters. The van der Waals surface area contributed by atoms with Crippen LogP contribution in [-0.4, -0.2) is 15.2 Å². The lowest BCUT2D eigenvalue weighted by atomic mass is 10.1. The average molecular weight is 266 g/mol. The Morgan fingerprint density at radius 1 is 1.40 bits per heavy atom. The second kappa shape index (κ2) is 4.57. The molecule has 1 N–H and O–H groups in total. The van der Waals surface area contributed by atoms with Gasteiger partial charge in [0.2, 0.25) is 0 Å². The molecule has 2 aromatic rings. The van der Waals surface area contributed by atoms with Gasteiger partial charge in [-0.15, -0.1) is 0 Å². The molecule has 2 rings (SSSR count). The molecule has 15 heavy (non-hydrogen) atoms. The fourth-order valence-corrected chi connectivity index (χ4v) is 1.86. The van der Waals surface area contributed by atoms with Crippen LogP contribution in [0.25, 0.3) is 0 Å². The maximum Gasteiger partial charge on any atom is 0.150 e. The van der Waals surface area contributed by atoms with Gasteiger partial charge < -0.3 is 0 Å². The van der Waals surface area contributed by atoms with Gasteiger partial charge in [0.15, 0.2) is 0 Å². The zero-order chi connectivity index (χ0) is 10.7. The van der Waals surface area contributed by atoms with Crippen molar-refractivity contribution < 1.29 is 0 Å². The van der Waals surface area contributed by atoms with Crippen LogP contribution in [-0.2, 0) is 12.8 Å². The number of nitrogens with zero attached hydrogens (tertiary/aromatic N) is 2. The van der Waals surface area contributed by atoms with Crippen LogP contribution < -0.4 is 0 Å². The molecule has 0 spiro atoms. The maximum absolute atomic E-state index is 4.37. The lowest BCUT2D eigenvalue weighted by Crippen LogP contribution is -1.91. The summed E-state index contributed by atoms with van der Waals surface area (Å²) in [6, 6.07) is 8.21. The van der Waals surface area contributed by atoms with Gasteiger partial charge in [0, 0.05) is 17.3 Å². The molecule has 0 fully saturated rings. The summed E-state index contributed by atoms with van der Waals surface area (Å²) in [5, 5.41) is 7.05. The minimum atomic E-state index is 0.798. The molecular weight excluding hydrogens is 254 g/mol. The summed E-state index contributed by atoms with van der Waals surface area (Å²) in [7, 11) is 0. The summed E-state index contributed by atoms with van der Waals surface area (Å²) in [6.45, 7) is 2.05. The van der Waals surface area contributed by atoms with Crippen LogP contribution in [0.5, 0.6) is 0 Å². The molecule has 1 heterocycles. The molecular formula is C11H12BrN3. The highest BCUT2D eigenvalue weighted by Crippen LogP contribution is 2.13. The lowest BCUT2D eigenvalue weighted by Gasteiger charge is -1.97. The van der Waals surface area contributed by atoms with E-state index in [2.05, 4.69) is 43.2 Å². The number of H-pyrrole nitrogens is 1. The van der Waals surface area contributed by atoms with Gasteiger partial charge in [-0.1, -0.05) is 35.0 Å². The fraction of sp³-hybridized carbons (Fsp3) is 0.273. The predicted molar refractivity (Wildman–Crippen MR) is 62.7 cm³/mol. The lowest BCUT2D eigenvalue weighted by molar-refractivity contribution is 0.942. The molecule has 0 saturated carbocycles. The molecule has 0 aliphatic rings. The molecule has 0 bridgehead atoms. The Balaban J connectivity index is 2.14. The molecule has 78 valence electrons. The number of rotatable bonds is 3. The van der Waals surface area contributed by atoms with Crippen LogP contribution in [0, 0.1) is 0 Å². The Kier molecular flexibility index (Phi) is 3.16. The van der Waals surface area contributed by atoms with E-state index in [-0.39, 0.29) is 0 Å². The molecule has 1 aromatic heterocycles. The first kappa shape index (κ1) is 10.4. The number of hydrogen-bond donors (Lipinski definition) is 1. The van der Waals surface area contributed by atoms with Crippen LogP contribution in [0.3, 0.4) is 0 Å². The molecule has 1 aromatic carbocycles. The van der Waals surface area contributed by atoms with Crippen molar-refractivity contribution in [2.75, 3.05) is 0 Å². The first-order chi connectivity index (χ1) is 7.28. The number of aromatic nitrogens is 3. The van der Waals surface area contributed by atoms with E-state index in [1.807, 2.05) is 19.1 Å². The van der Waals surface area contributed by atoms with E-state index in [9.17, 15) is 0 Å². The van der Waals surface area contributed by atoms with E-state index in [0.717, 1.165) is 29.0 Å². The van der Waals surface area contributed by atoms with E-state index >= 15 is 0 Å². The highest BCUT2D eigenvalue weighted by molar-refractivity contribution is 9.10. The van der Waals surface area contributed by atoms with Crippen molar-refractivity contribution in [2.24, 2.45) is 0 Å². The molecule has 0 amide bonds. The van der Waals surface area contributed by atoms with E-state index < -0.39 is 0 Å². The van der Waals surface area contributed by atoms with Crippen LogP contribution in [0.2, 0.25) is 0 Å². The van der Waals surface area contributed by atoms with Crippen molar-refractivity contribution in [3.8, 4) is 0 Å². The van der Waals surface area contributed by atoms with Crippen LogP contribution in [0.1, 0.15) is 24.1 Å². The van der Waals surface area contributed by atoms with Crippen LogP contribution >= 0.6 is 15.9 Å². The SMILES string of the molecule is CCc1n[nH]c(Cc2cccc(Br)c2)n1. The molecule has 0 saturated heterocycles. The summed E-state index contributed by atoms with van der Waals surface area (Å²) >= 11 is 3.45. The summed E-state index contributed by atoms with van der Waals surface area (Å²) in [5.41, 5.74) is 1.23. The zero-order valence-electron chi connectivity index (χ0n) is 8.50. The van der Waals surface area contributed by atoms with Gasteiger partial charge in [-0.05, 0) is 17.7 Å². The number of aryl methyl sites for hydroxylation is 1. The summed E-state index contributed by atoms with van der Waals surface area (Å²) in [6.07, 6.45) is 1.67. The van der Waals surface area contributed by atoms with Gasteiger partial charge in [-0.25, -0.2) is 4.98 Å². The van der Waals surface area contributed by atoms with E-state index in [0.29, 0.717) is 0 Å². The minimum Gasteiger partial charge on any atom is -0.263 e. The predicted octanol–water partition coefficient (Wildman–Crippen LogP) is 2.72. The summed E-state index contributed by atoms with van der Waals surface area (Å²) < 4.78 is 1.09. The first-order valence-corrected chi connectivity index (χ1v) is 5.72. The van der Waals surface area contributed by atoms with Crippen molar-refractivity contribution in [3.63, 3.8) is 0 Å². The molecule has 0 radical (unpaired) electrons. The maximum atomic E-state index is 4.37. The van der Waals surface area contributed by atoms with Crippen LogP contribution in [0.15, 0.2) is 28.7 Å². The van der Waals surface area contributed by atoms with Gasteiger partial charge in [0.1, 0.15) is 11.6 Å². The van der Waals surface area contributed by atoms with Crippen molar-refractivity contribution in [2.45, 2.75) is 19.8 Å². The minimum absolute atomic E-state index is 0.798. The molecule has 0 aliphatic carbocycles. The van der Waals surface area contributed by atoms with Gasteiger partial charge in [0.05, 0.1) is 0 Å². The van der Waals surface area contributed by atoms with Gasteiger partial charge in [-0.2, -0.15) is 5.10 Å². The van der Waals surface area contributed by atoms with Gasteiger partial charge >= 0.3 is 0 Å². The summed E-state index contributed by atoms with van der Waals surface area (Å²) in [5.74, 6) is 1.80. The van der Waals surface area contributed by atoms with E-state index in [1.54, 1.807) is 0 Å². The van der Waals surface area contributed by atoms with Crippen molar-refractivity contribution in [1.29, 1.82) is 0 Å². The smallest absolute Gasteiger partial charge is 0.150 e. The molecule has 0 aliphatic heterocycles. The highest BCUT2D eigenvalue weighted by Gasteiger charge is 2.02. The first-order valence-electron chi connectivity index (χ1n) is 4.92. The molecule has 0 unspecified atom stereocenters. The monoisotopic (exact) mass is 265 g/mol. The summed E-state index contributed by atoms with van der Waals surface area (Å²) in [4.78, 5) is 4.37. The number of halogens is 1. The second-order valence-corrected chi connectivity index (χ2v) is 4.27. The Morgan fingerprint density at radius 3 is 2.93 bits per heavy atom. The van der Waals surface area contributed by atoms with Crippen molar-refractivity contribution >= 4 is 15.9 Å². The van der Waals surface area contributed by atoms with E-state index in [1.165, 1.54) is 5.56 Å². The zero-order valence-corrected chi connectivity index (χ0v) is 10.1. The van der Waals surface area contributed by atoms with Gasteiger partial charge in [-0.3, -0.25) is 5.10 Å². The third-order valence-electron chi connectivity index (χ3n) is 2.15. The number of aromatic amines is 1. The quantitative estimate of drug-likeness (QED) is 0.928. The standard InChI is InChI=1S/C11H12BrN3/c1-2-10-13-11(15-14-10)7-8-4-3-5-9(12)6-8/h3-6H,2,7H2,1H3,(H,13,14,15).